The molecule has 0 saturated heterocycles. The van der Waals surface area contributed by atoms with Crippen LogP contribution in [0.15, 0.2) is 60.4 Å². The molecule has 5 nitrogen and oxygen atoms in total. The zero-order valence-electron chi connectivity index (χ0n) is 20.5. The van der Waals surface area contributed by atoms with Crippen molar-refractivity contribution in [2.45, 2.75) is 52.2 Å². The van der Waals surface area contributed by atoms with Gasteiger partial charge in [-0.05, 0) is 46.2 Å². The highest BCUT2D eigenvalue weighted by molar-refractivity contribution is 7.15. The Bertz CT molecular complexity index is 1290. The summed E-state index contributed by atoms with van der Waals surface area (Å²) in [6.07, 6.45) is 0.690. The normalized spacial score (nSPS) is 16.9. The standard InChI is InChI=1S/C28H28ClNO4S/c1-6-21-23(30-26(35-21)18-12-14-19(29)15-13-18)22-24(32)27(2,3)34-28(4,5)25(22)33-16-20(31)17-10-8-7-9-11-17/h7-15H,6,16H2,1-5H3. The molecule has 0 atom stereocenters. The second kappa shape index (κ2) is 9.69. The highest BCUT2D eigenvalue weighted by Gasteiger charge is 2.49. The maximum atomic E-state index is 13.7. The molecular formula is C28H28ClNO4S. The molecule has 3 aromatic rings. The van der Waals surface area contributed by atoms with Crippen LogP contribution in [0.1, 0.15) is 55.5 Å². The van der Waals surface area contributed by atoms with Crippen molar-refractivity contribution < 1.29 is 19.1 Å². The van der Waals surface area contributed by atoms with Gasteiger partial charge in [-0.25, -0.2) is 4.98 Å². The molecule has 0 spiro atoms. The van der Waals surface area contributed by atoms with E-state index < -0.39 is 11.2 Å². The molecule has 0 fully saturated rings. The van der Waals surface area contributed by atoms with E-state index in [-0.39, 0.29) is 18.2 Å². The summed E-state index contributed by atoms with van der Waals surface area (Å²) in [5.74, 6) is -0.0724. The Labute approximate surface area is 214 Å². The topological polar surface area (TPSA) is 65.5 Å². The number of halogens is 1. The maximum Gasteiger partial charge on any atom is 0.200 e. The molecule has 182 valence electrons. The first-order chi connectivity index (χ1) is 16.5. The van der Waals surface area contributed by atoms with Gasteiger partial charge in [-0.1, -0.05) is 61.0 Å². The first-order valence-corrected chi connectivity index (χ1v) is 12.7. The minimum atomic E-state index is -1.08. The largest absolute Gasteiger partial charge is 0.486 e. The second-order valence-electron chi connectivity index (χ2n) is 9.39. The van der Waals surface area contributed by atoms with Crippen molar-refractivity contribution in [3.8, 4) is 10.6 Å². The van der Waals surface area contributed by atoms with Crippen molar-refractivity contribution >= 4 is 40.1 Å². The Morgan fingerprint density at radius 3 is 2.31 bits per heavy atom. The molecule has 2 heterocycles. The predicted octanol–water partition coefficient (Wildman–Crippen LogP) is 6.79. The van der Waals surface area contributed by atoms with Crippen LogP contribution >= 0.6 is 22.9 Å². The van der Waals surface area contributed by atoms with Gasteiger partial charge >= 0.3 is 0 Å². The van der Waals surface area contributed by atoms with Gasteiger partial charge in [0.15, 0.2) is 18.2 Å². The molecule has 35 heavy (non-hydrogen) atoms. The molecule has 4 rings (SSSR count). The highest BCUT2D eigenvalue weighted by atomic mass is 35.5. The van der Waals surface area contributed by atoms with Gasteiger partial charge in [0, 0.05) is 21.0 Å². The van der Waals surface area contributed by atoms with E-state index in [1.165, 1.54) is 11.3 Å². The van der Waals surface area contributed by atoms with Gasteiger partial charge in [0.25, 0.3) is 0 Å². The van der Waals surface area contributed by atoms with Crippen LogP contribution in [-0.2, 0) is 20.7 Å². The van der Waals surface area contributed by atoms with Crippen molar-refractivity contribution in [3.05, 3.63) is 81.5 Å². The monoisotopic (exact) mass is 509 g/mol. The van der Waals surface area contributed by atoms with E-state index in [2.05, 4.69) is 0 Å². The summed E-state index contributed by atoms with van der Waals surface area (Å²) < 4.78 is 12.3. The SMILES string of the molecule is CCc1sc(-c2ccc(Cl)cc2)nc1C1=C(OCC(=O)c2ccccc2)C(C)(C)OC(C)(C)C1=O. The van der Waals surface area contributed by atoms with Crippen LogP contribution in [0.5, 0.6) is 0 Å². The number of aryl methyl sites for hydroxylation is 1. The zero-order valence-corrected chi connectivity index (χ0v) is 22.0. The molecule has 2 aromatic carbocycles. The van der Waals surface area contributed by atoms with Gasteiger partial charge in [0.05, 0.1) is 11.3 Å². The zero-order chi connectivity index (χ0) is 25.4. The molecule has 1 aliphatic heterocycles. The van der Waals surface area contributed by atoms with E-state index in [9.17, 15) is 9.59 Å². The van der Waals surface area contributed by atoms with Gasteiger partial charge in [0.1, 0.15) is 22.0 Å². The highest BCUT2D eigenvalue weighted by Crippen LogP contribution is 2.44. The number of carbonyl (C=O) groups excluding carboxylic acids is 2. The minimum Gasteiger partial charge on any atom is -0.486 e. The quantitative estimate of drug-likeness (QED) is 0.328. The number of hydrogen-bond donors (Lipinski definition) is 0. The van der Waals surface area contributed by atoms with Crippen molar-refractivity contribution in [1.29, 1.82) is 0 Å². The fourth-order valence-corrected chi connectivity index (χ4v) is 5.38. The fraction of sp³-hybridized carbons (Fsp3) is 0.321. The summed E-state index contributed by atoms with van der Waals surface area (Å²) in [4.78, 5) is 32.4. The number of hydrogen-bond acceptors (Lipinski definition) is 6. The van der Waals surface area contributed by atoms with Gasteiger partial charge in [-0.2, -0.15) is 0 Å². The number of ether oxygens (including phenoxy) is 2. The van der Waals surface area contributed by atoms with E-state index in [0.29, 0.717) is 34.0 Å². The molecule has 0 saturated carbocycles. The van der Waals surface area contributed by atoms with Crippen LogP contribution in [0.2, 0.25) is 5.02 Å². The lowest BCUT2D eigenvalue weighted by molar-refractivity contribution is -0.160. The van der Waals surface area contributed by atoms with Crippen LogP contribution < -0.4 is 0 Å². The Morgan fingerprint density at radius 1 is 1.03 bits per heavy atom. The lowest BCUT2D eigenvalue weighted by Crippen LogP contribution is -2.50. The molecule has 1 aliphatic rings. The third-order valence-electron chi connectivity index (χ3n) is 5.85. The maximum absolute atomic E-state index is 13.7. The van der Waals surface area contributed by atoms with E-state index in [1.54, 1.807) is 38.1 Å². The molecule has 7 heteroatoms. The Kier molecular flexibility index (Phi) is 7.00. The summed E-state index contributed by atoms with van der Waals surface area (Å²) in [7, 11) is 0. The molecule has 1 aromatic heterocycles. The number of carbonyl (C=O) groups is 2. The Hall–Kier alpha value is -2.80. The summed E-state index contributed by atoms with van der Waals surface area (Å²) >= 11 is 7.60. The number of Topliss-reactive ketones (excluding diaryl/α,β-unsaturated/α-hetero) is 2. The van der Waals surface area contributed by atoms with Crippen molar-refractivity contribution in [2.75, 3.05) is 6.61 Å². The first kappa shape index (κ1) is 25.3. The molecule has 0 bridgehead atoms. The molecule has 0 radical (unpaired) electrons. The van der Waals surface area contributed by atoms with Crippen LogP contribution in [0.3, 0.4) is 0 Å². The van der Waals surface area contributed by atoms with Crippen molar-refractivity contribution in [2.24, 2.45) is 0 Å². The number of ketones is 2. The molecule has 0 aliphatic carbocycles. The summed E-state index contributed by atoms with van der Waals surface area (Å²) in [5.41, 5.74) is 0.396. The van der Waals surface area contributed by atoms with E-state index in [1.807, 2.05) is 51.1 Å². The number of rotatable bonds is 7. The number of benzene rings is 2. The first-order valence-electron chi connectivity index (χ1n) is 11.5. The van der Waals surface area contributed by atoms with E-state index in [4.69, 9.17) is 26.1 Å². The summed E-state index contributed by atoms with van der Waals surface area (Å²) in [6, 6.07) is 16.4. The van der Waals surface area contributed by atoms with Crippen molar-refractivity contribution in [1.82, 2.24) is 4.98 Å². The lowest BCUT2D eigenvalue weighted by atomic mass is 9.84. The summed E-state index contributed by atoms with van der Waals surface area (Å²) in [6.45, 7) is 9.02. The third-order valence-corrected chi connectivity index (χ3v) is 7.35. The van der Waals surface area contributed by atoms with Crippen LogP contribution in [-0.4, -0.2) is 34.4 Å². The number of thiazole rings is 1. The van der Waals surface area contributed by atoms with Crippen LogP contribution in [0.25, 0.3) is 16.1 Å². The average Bonchev–Trinajstić information content (AvgIpc) is 3.24. The van der Waals surface area contributed by atoms with Gasteiger partial charge in [-0.15, -0.1) is 11.3 Å². The van der Waals surface area contributed by atoms with Crippen LogP contribution in [0.4, 0.5) is 0 Å². The van der Waals surface area contributed by atoms with Gasteiger partial charge in [0.2, 0.25) is 0 Å². The second-order valence-corrected chi connectivity index (χ2v) is 10.9. The minimum absolute atomic E-state index is 0.179. The Morgan fingerprint density at radius 2 is 1.69 bits per heavy atom. The smallest absolute Gasteiger partial charge is 0.200 e. The van der Waals surface area contributed by atoms with Gasteiger partial charge in [-0.3, -0.25) is 9.59 Å². The molecule has 0 amide bonds. The molecular weight excluding hydrogens is 482 g/mol. The third kappa shape index (κ3) is 5.10. The van der Waals surface area contributed by atoms with Crippen LogP contribution in [0, 0.1) is 0 Å². The predicted molar refractivity (Wildman–Crippen MR) is 140 cm³/mol. The number of nitrogens with zero attached hydrogens (tertiary/aromatic N) is 1. The Balaban J connectivity index is 1.82. The summed E-state index contributed by atoms with van der Waals surface area (Å²) in [5, 5.41) is 1.43. The average molecular weight is 510 g/mol. The van der Waals surface area contributed by atoms with Crippen molar-refractivity contribution in [3.63, 3.8) is 0 Å². The number of aromatic nitrogens is 1. The molecule has 0 unspecified atom stereocenters. The lowest BCUT2D eigenvalue weighted by Gasteiger charge is -2.42. The fourth-order valence-electron chi connectivity index (χ4n) is 4.24. The van der Waals surface area contributed by atoms with E-state index in [0.717, 1.165) is 15.4 Å². The van der Waals surface area contributed by atoms with Gasteiger partial charge < -0.3 is 9.47 Å². The van der Waals surface area contributed by atoms with E-state index >= 15 is 0 Å². The molecule has 0 N–H and O–H groups in total.